The molecule has 2 aromatic heterocycles. The van der Waals surface area contributed by atoms with E-state index >= 15 is 0 Å². The minimum Gasteiger partial charge on any atom is -0.349 e. The molecular weight excluding hydrogens is 325 g/mol. The minimum absolute atomic E-state index is 0.112. The van der Waals surface area contributed by atoms with Crippen molar-refractivity contribution in [3.63, 3.8) is 0 Å². The molecule has 3 rings (SSSR count). The fourth-order valence-electron chi connectivity index (χ4n) is 2.07. The van der Waals surface area contributed by atoms with E-state index in [1.54, 1.807) is 6.07 Å². The standard InChI is InChI=1S/C14H13F3N6O/c15-14(16,17)13-20-4-8(5-21-13)11-3-9(22-7-23-11)6-19-12(24)10-1-2-18-10/h3-5,7,10,18H,1-2,6H2,(H,19,24)/t10-/m0/s1. The maximum absolute atomic E-state index is 12.5. The highest BCUT2D eigenvalue weighted by Crippen LogP contribution is 2.26. The third-order valence-electron chi connectivity index (χ3n) is 3.51. The van der Waals surface area contributed by atoms with E-state index in [0.29, 0.717) is 17.0 Å². The number of carbonyl (C=O) groups is 1. The van der Waals surface area contributed by atoms with E-state index in [4.69, 9.17) is 0 Å². The van der Waals surface area contributed by atoms with Crippen molar-refractivity contribution in [2.45, 2.75) is 25.2 Å². The van der Waals surface area contributed by atoms with Crippen LogP contribution in [0.5, 0.6) is 0 Å². The molecule has 0 radical (unpaired) electrons. The summed E-state index contributed by atoms with van der Waals surface area (Å²) in [4.78, 5) is 26.4. The molecule has 1 aliphatic rings. The van der Waals surface area contributed by atoms with Gasteiger partial charge in [-0.1, -0.05) is 0 Å². The molecule has 0 spiro atoms. The van der Waals surface area contributed by atoms with Gasteiger partial charge in [0.25, 0.3) is 0 Å². The van der Waals surface area contributed by atoms with Crippen molar-refractivity contribution in [1.82, 2.24) is 30.6 Å². The molecule has 0 aromatic carbocycles. The van der Waals surface area contributed by atoms with E-state index in [0.717, 1.165) is 25.4 Å². The second kappa shape index (κ2) is 6.48. The van der Waals surface area contributed by atoms with Gasteiger partial charge in [0, 0.05) is 18.0 Å². The van der Waals surface area contributed by atoms with Crippen LogP contribution in [0.1, 0.15) is 17.9 Å². The Balaban J connectivity index is 1.69. The summed E-state index contributed by atoms with van der Waals surface area (Å²) in [6.45, 7) is 1.03. The Labute approximate surface area is 134 Å². The lowest BCUT2D eigenvalue weighted by atomic mass is 10.1. The van der Waals surface area contributed by atoms with Gasteiger partial charge in [0.1, 0.15) is 6.33 Å². The molecule has 0 unspecified atom stereocenters. The van der Waals surface area contributed by atoms with Crippen molar-refractivity contribution in [3.05, 3.63) is 36.3 Å². The lowest BCUT2D eigenvalue weighted by molar-refractivity contribution is -0.145. The zero-order chi connectivity index (χ0) is 17.2. The van der Waals surface area contributed by atoms with Crippen molar-refractivity contribution in [2.24, 2.45) is 0 Å². The fraction of sp³-hybridized carbons (Fsp3) is 0.357. The second-order valence-corrected chi connectivity index (χ2v) is 5.20. The van der Waals surface area contributed by atoms with Crippen LogP contribution < -0.4 is 10.6 Å². The van der Waals surface area contributed by atoms with Crippen molar-refractivity contribution in [1.29, 1.82) is 0 Å². The molecule has 24 heavy (non-hydrogen) atoms. The van der Waals surface area contributed by atoms with Crippen molar-refractivity contribution >= 4 is 5.91 Å². The van der Waals surface area contributed by atoms with Crippen molar-refractivity contribution in [3.8, 4) is 11.3 Å². The molecule has 0 aliphatic carbocycles. The zero-order valence-electron chi connectivity index (χ0n) is 12.3. The first-order chi connectivity index (χ1) is 11.4. The molecule has 7 nitrogen and oxygen atoms in total. The largest absolute Gasteiger partial charge is 0.451 e. The molecule has 0 bridgehead atoms. The first-order valence-electron chi connectivity index (χ1n) is 7.15. The van der Waals surface area contributed by atoms with Crippen LogP contribution in [0.15, 0.2) is 24.8 Å². The molecule has 0 saturated carbocycles. The topological polar surface area (TPSA) is 92.7 Å². The van der Waals surface area contributed by atoms with Crippen LogP contribution in [0.3, 0.4) is 0 Å². The quantitative estimate of drug-likeness (QED) is 0.862. The zero-order valence-corrected chi connectivity index (χ0v) is 12.3. The number of halogens is 3. The van der Waals surface area contributed by atoms with Gasteiger partial charge in [0.15, 0.2) is 0 Å². The molecule has 3 heterocycles. The monoisotopic (exact) mass is 338 g/mol. The number of alkyl halides is 3. The summed E-state index contributed by atoms with van der Waals surface area (Å²) >= 11 is 0. The second-order valence-electron chi connectivity index (χ2n) is 5.20. The lowest BCUT2D eigenvalue weighted by Gasteiger charge is -2.26. The number of hydrogen-bond donors (Lipinski definition) is 2. The summed E-state index contributed by atoms with van der Waals surface area (Å²) in [6, 6.07) is 1.40. The highest BCUT2D eigenvalue weighted by atomic mass is 19.4. The van der Waals surface area contributed by atoms with Gasteiger partial charge in [-0.2, -0.15) is 13.2 Å². The van der Waals surface area contributed by atoms with E-state index < -0.39 is 12.0 Å². The van der Waals surface area contributed by atoms with Gasteiger partial charge in [-0.05, 0) is 19.0 Å². The van der Waals surface area contributed by atoms with E-state index in [1.165, 1.54) is 6.33 Å². The Bertz CT molecular complexity index is 730. The number of rotatable bonds is 4. The predicted octanol–water partition coefficient (Wildman–Crippen LogP) is 0.930. The number of amides is 1. The van der Waals surface area contributed by atoms with E-state index in [2.05, 4.69) is 30.6 Å². The molecule has 1 atom stereocenters. The molecule has 2 N–H and O–H groups in total. The van der Waals surface area contributed by atoms with Gasteiger partial charge in [-0.3, -0.25) is 4.79 Å². The van der Waals surface area contributed by atoms with Gasteiger partial charge < -0.3 is 10.6 Å². The van der Waals surface area contributed by atoms with Gasteiger partial charge in [0.05, 0.1) is 24.0 Å². The van der Waals surface area contributed by atoms with Gasteiger partial charge >= 0.3 is 6.18 Å². The summed E-state index contributed by atoms with van der Waals surface area (Å²) in [5.74, 6) is -1.32. The Hall–Kier alpha value is -2.62. The third-order valence-corrected chi connectivity index (χ3v) is 3.51. The van der Waals surface area contributed by atoms with Crippen LogP contribution in [-0.4, -0.2) is 38.4 Å². The van der Waals surface area contributed by atoms with Crippen LogP contribution in [0.25, 0.3) is 11.3 Å². The number of nitrogens with zero attached hydrogens (tertiary/aromatic N) is 4. The molecule has 126 valence electrons. The van der Waals surface area contributed by atoms with Gasteiger partial charge in [-0.25, -0.2) is 19.9 Å². The van der Waals surface area contributed by atoms with Crippen LogP contribution >= 0.6 is 0 Å². The van der Waals surface area contributed by atoms with Crippen molar-refractivity contribution in [2.75, 3.05) is 6.54 Å². The summed E-state index contributed by atoms with van der Waals surface area (Å²) in [5, 5.41) is 5.72. The molecule has 1 aliphatic heterocycles. The third kappa shape index (κ3) is 3.65. The maximum Gasteiger partial charge on any atom is 0.451 e. The minimum atomic E-state index is -4.59. The maximum atomic E-state index is 12.5. The molecular formula is C14H13F3N6O. The van der Waals surface area contributed by atoms with Crippen LogP contribution in [0.2, 0.25) is 0 Å². The normalized spacial score (nSPS) is 17.2. The molecule has 10 heteroatoms. The molecule has 2 aromatic rings. The number of aromatic nitrogens is 4. The molecule has 1 saturated heterocycles. The van der Waals surface area contributed by atoms with Crippen LogP contribution in [0, 0.1) is 0 Å². The summed E-state index contributed by atoms with van der Waals surface area (Å²) < 4.78 is 37.4. The predicted molar refractivity (Wildman–Crippen MR) is 76.3 cm³/mol. The Morgan fingerprint density at radius 1 is 1.25 bits per heavy atom. The Kier molecular flexibility index (Phi) is 4.38. The Morgan fingerprint density at radius 3 is 2.54 bits per heavy atom. The average Bonchev–Trinajstić information content (AvgIpc) is 2.51. The molecule has 1 fully saturated rings. The number of carbonyl (C=O) groups excluding carboxylic acids is 1. The lowest BCUT2D eigenvalue weighted by Crippen LogP contribution is -2.53. The molecule has 1 amide bonds. The van der Waals surface area contributed by atoms with Crippen LogP contribution in [-0.2, 0) is 17.5 Å². The summed E-state index contributed by atoms with van der Waals surface area (Å²) in [5.41, 5.74) is 1.25. The van der Waals surface area contributed by atoms with E-state index in [1.807, 2.05) is 0 Å². The number of hydrogen-bond acceptors (Lipinski definition) is 6. The first-order valence-corrected chi connectivity index (χ1v) is 7.15. The summed E-state index contributed by atoms with van der Waals surface area (Å²) in [7, 11) is 0. The fourth-order valence-corrected chi connectivity index (χ4v) is 2.07. The smallest absolute Gasteiger partial charge is 0.349 e. The van der Waals surface area contributed by atoms with Crippen molar-refractivity contribution < 1.29 is 18.0 Å². The van der Waals surface area contributed by atoms with E-state index in [-0.39, 0.29) is 18.5 Å². The first kappa shape index (κ1) is 16.2. The Morgan fingerprint density at radius 2 is 1.96 bits per heavy atom. The van der Waals surface area contributed by atoms with E-state index in [9.17, 15) is 18.0 Å². The van der Waals surface area contributed by atoms with Gasteiger partial charge in [0.2, 0.25) is 11.7 Å². The highest BCUT2D eigenvalue weighted by Gasteiger charge is 2.34. The number of nitrogens with one attached hydrogen (secondary N) is 2. The van der Waals surface area contributed by atoms with Crippen LogP contribution in [0.4, 0.5) is 13.2 Å². The highest BCUT2D eigenvalue weighted by molar-refractivity contribution is 5.82. The SMILES string of the molecule is O=C(NCc1cc(-c2cnc(C(F)(F)F)nc2)ncn1)[C@@H]1CCN1. The summed E-state index contributed by atoms with van der Waals surface area (Å²) in [6.07, 6.45) is -0.410. The average molecular weight is 338 g/mol. The van der Waals surface area contributed by atoms with Gasteiger partial charge in [-0.15, -0.1) is 0 Å².